The largest absolute Gasteiger partial charge is 0.507 e. The first-order chi connectivity index (χ1) is 9.69. The standard InChI is InChI=1S/C18H20O2/c1-3-13(15-9-5-7-11-17(15)19)14(4-2)16-10-6-8-12-18(16)20/h5-12,19-20H,3-4H2,1-2H3/b14-13+. The molecule has 0 aliphatic rings. The molecule has 0 unspecified atom stereocenters. The van der Waals surface area contributed by atoms with Gasteiger partial charge in [0.1, 0.15) is 11.5 Å². The lowest BCUT2D eigenvalue weighted by atomic mass is 9.90. The summed E-state index contributed by atoms with van der Waals surface area (Å²) in [6.45, 7) is 4.13. The van der Waals surface area contributed by atoms with Crippen molar-refractivity contribution in [1.82, 2.24) is 0 Å². The van der Waals surface area contributed by atoms with Gasteiger partial charge in [0, 0.05) is 11.1 Å². The van der Waals surface area contributed by atoms with Gasteiger partial charge in [-0.3, -0.25) is 0 Å². The van der Waals surface area contributed by atoms with Crippen molar-refractivity contribution in [2.24, 2.45) is 0 Å². The summed E-state index contributed by atoms with van der Waals surface area (Å²) in [5.41, 5.74) is 3.84. The van der Waals surface area contributed by atoms with Crippen LogP contribution in [0, 0.1) is 0 Å². The van der Waals surface area contributed by atoms with Gasteiger partial charge in [0.05, 0.1) is 0 Å². The van der Waals surface area contributed by atoms with Crippen LogP contribution in [-0.4, -0.2) is 10.2 Å². The molecule has 0 amide bonds. The predicted octanol–water partition coefficient (Wildman–Crippen LogP) is 4.83. The fourth-order valence-corrected chi connectivity index (χ4v) is 2.59. The van der Waals surface area contributed by atoms with E-state index in [9.17, 15) is 10.2 Å². The van der Waals surface area contributed by atoms with Crippen molar-refractivity contribution in [3.8, 4) is 11.5 Å². The highest BCUT2D eigenvalue weighted by atomic mass is 16.3. The van der Waals surface area contributed by atoms with Crippen molar-refractivity contribution in [3.05, 3.63) is 59.7 Å². The molecule has 2 rings (SSSR count). The van der Waals surface area contributed by atoms with E-state index in [0.717, 1.165) is 35.1 Å². The van der Waals surface area contributed by atoms with Crippen molar-refractivity contribution >= 4 is 11.1 Å². The molecule has 0 aliphatic carbocycles. The molecule has 0 atom stereocenters. The second kappa shape index (κ2) is 6.29. The Morgan fingerprint density at radius 2 is 1.05 bits per heavy atom. The minimum atomic E-state index is 0.283. The number of para-hydroxylation sites is 2. The molecule has 0 bridgehead atoms. The fraction of sp³-hybridized carbons (Fsp3) is 0.222. The van der Waals surface area contributed by atoms with Gasteiger partial charge in [0.15, 0.2) is 0 Å². The van der Waals surface area contributed by atoms with Gasteiger partial charge in [-0.15, -0.1) is 0 Å². The van der Waals surface area contributed by atoms with Crippen LogP contribution in [0.15, 0.2) is 48.5 Å². The van der Waals surface area contributed by atoms with Crippen LogP contribution in [-0.2, 0) is 0 Å². The average Bonchev–Trinajstić information content (AvgIpc) is 2.47. The SMILES string of the molecule is CC/C(=C(/CC)c1ccccc1O)c1ccccc1O. The Labute approximate surface area is 120 Å². The third-order valence-electron chi connectivity index (χ3n) is 3.53. The molecule has 0 aliphatic heterocycles. The van der Waals surface area contributed by atoms with Crippen molar-refractivity contribution in [2.75, 3.05) is 0 Å². The maximum Gasteiger partial charge on any atom is 0.123 e. The Balaban J connectivity index is 2.66. The van der Waals surface area contributed by atoms with Crippen LogP contribution in [0.1, 0.15) is 37.8 Å². The molecule has 2 aromatic rings. The highest BCUT2D eigenvalue weighted by Crippen LogP contribution is 2.37. The molecule has 2 aromatic carbocycles. The monoisotopic (exact) mass is 268 g/mol. The highest BCUT2D eigenvalue weighted by molar-refractivity contribution is 5.93. The summed E-state index contributed by atoms with van der Waals surface area (Å²) < 4.78 is 0. The van der Waals surface area contributed by atoms with Gasteiger partial charge in [-0.2, -0.15) is 0 Å². The van der Waals surface area contributed by atoms with Crippen molar-refractivity contribution in [3.63, 3.8) is 0 Å². The summed E-state index contributed by atoms with van der Waals surface area (Å²) in [6.07, 6.45) is 1.60. The van der Waals surface area contributed by atoms with Gasteiger partial charge in [-0.1, -0.05) is 50.2 Å². The van der Waals surface area contributed by atoms with E-state index in [4.69, 9.17) is 0 Å². The number of phenols is 2. The number of allylic oxidation sites excluding steroid dienone is 2. The summed E-state index contributed by atoms with van der Waals surface area (Å²) in [6, 6.07) is 14.7. The molecule has 0 radical (unpaired) electrons. The normalized spacial score (nSPS) is 12.1. The number of aromatic hydroxyl groups is 2. The van der Waals surface area contributed by atoms with Gasteiger partial charge in [-0.25, -0.2) is 0 Å². The number of phenolic OH excluding ortho intramolecular Hbond substituents is 2. The molecule has 20 heavy (non-hydrogen) atoms. The Morgan fingerprint density at radius 1 is 0.700 bits per heavy atom. The van der Waals surface area contributed by atoms with E-state index >= 15 is 0 Å². The second-order valence-corrected chi connectivity index (χ2v) is 4.70. The molecule has 0 saturated carbocycles. The maximum atomic E-state index is 10.1. The third kappa shape index (κ3) is 2.69. The van der Waals surface area contributed by atoms with Gasteiger partial charge >= 0.3 is 0 Å². The van der Waals surface area contributed by atoms with Crippen molar-refractivity contribution in [2.45, 2.75) is 26.7 Å². The van der Waals surface area contributed by atoms with Crippen LogP contribution in [0.25, 0.3) is 11.1 Å². The van der Waals surface area contributed by atoms with E-state index in [-0.39, 0.29) is 11.5 Å². The van der Waals surface area contributed by atoms with Crippen LogP contribution < -0.4 is 0 Å². The molecule has 0 fully saturated rings. The number of hydrogen-bond acceptors (Lipinski definition) is 2. The van der Waals surface area contributed by atoms with Gasteiger partial charge in [0.2, 0.25) is 0 Å². The van der Waals surface area contributed by atoms with Crippen LogP contribution in [0.4, 0.5) is 0 Å². The van der Waals surface area contributed by atoms with Crippen LogP contribution in [0.3, 0.4) is 0 Å². The van der Waals surface area contributed by atoms with Gasteiger partial charge in [0.25, 0.3) is 0 Å². The molecule has 0 saturated heterocycles. The molecule has 2 nitrogen and oxygen atoms in total. The Bertz CT molecular complexity index is 571. The van der Waals surface area contributed by atoms with E-state index in [1.807, 2.05) is 36.4 Å². The topological polar surface area (TPSA) is 40.5 Å². The first-order valence-corrected chi connectivity index (χ1v) is 6.97. The smallest absolute Gasteiger partial charge is 0.123 e. The molecule has 2 heteroatoms. The zero-order valence-electron chi connectivity index (χ0n) is 11.9. The van der Waals surface area contributed by atoms with Crippen LogP contribution in [0.5, 0.6) is 11.5 Å². The van der Waals surface area contributed by atoms with Crippen LogP contribution >= 0.6 is 0 Å². The molecule has 2 N–H and O–H groups in total. The Kier molecular flexibility index (Phi) is 4.46. The molecule has 0 heterocycles. The van der Waals surface area contributed by atoms with E-state index in [2.05, 4.69) is 13.8 Å². The van der Waals surface area contributed by atoms with Gasteiger partial charge < -0.3 is 10.2 Å². The number of rotatable bonds is 4. The van der Waals surface area contributed by atoms with E-state index < -0.39 is 0 Å². The van der Waals surface area contributed by atoms with E-state index in [0.29, 0.717) is 0 Å². The van der Waals surface area contributed by atoms with E-state index in [1.165, 1.54) is 0 Å². The number of hydrogen-bond donors (Lipinski definition) is 2. The fourth-order valence-electron chi connectivity index (χ4n) is 2.59. The summed E-state index contributed by atoms with van der Waals surface area (Å²) >= 11 is 0. The zero-order chi connectivity index (χ0) is 14.5. The highest BCUT2D eigenvalue weighted by Gasteiger charge is 2.13. The lowest BCUT2D eigenvalue weighted by molar-refractivity contribution is 0.472. The minimum absolute atomic E-state index is 0.283. The third-order valence-corrected chi connectivity index (χ3v) is 3.53. The summed E-state index contributed by atoms with van der Waals surface area (Å²) in [7, 11) is 0. The summed E-state index contributed by atoms with van der Waals surface area (Å²) in [4.78, 5) is 0. The Morgan fingerprint density at radius 3 is 1.35 bits per heavy atom. The summed E-state index contributed by atoms with van der Waals surface area (Å²) in [5, 5.41) is 20.2. The first-order valence-electron chi connectivity index (χ1n) is 6.97. The molecular formula is C18H20O2. The second-order valence-electron chi connectivity index (χ2n) is 4.70. The minimum Gasteiger partial charge on any atom is -0.507 e. The lowest BCUT2D eigenvalue weighted by Crippen LogP contribution is -1.92. The van der Waals surface area contributed by atoms with Crippen molar-refractivity contribution < 1.29 is 10.2 Å². The van der Waals surface area contributed by atoms with Crippen LogP contribution in [0.2, 0.25) is 0 Å². The molecule has 0 spiro atoms. The zero-order valence-corrected chi connectivity index (χ0v) is 11.9. The number of benzene rings is 2. The molecular weight excluding hydrogens is 248 g/mol. The molecule has 104 valence electrons. The molecule has 0 aromatic heterocycles. The van der Waals surface area contributed by atoms with E-state index in [1.54, 1.807) is 12.1 Å². The average molecular weight is 268 g/mol. The Hall–Kier alpha value is -2.22. The lowest BCUT2D eigenvalue weighted by Gasteiger charge is -2.16. The van der Waals surface area contributed by atoms with Gasteiger partial charge in [-0.05, 0) is 36.1 Å². The summed E-state index contributed by atoms with van der Waals surface area (Å²) in [5.74, 6) is 0.566. The van der Waals surface area contributed by atoms with Crippen molar-refractivity contribution in [1.29, 1.82) is 0 Å². The first kappa shape index (κ1) is 14.2. The predicted molar refractivity (Wildman–Crippen MR) is 83.6 cm³/mol. The maximum absolute atomic E-state index is 10.1. The quantitative estimate of drug-likeness (QED) is 0.780.